The van der Waals surface area contributed by atoms with Crippen molar-refractivity contribution in [2.45, 2.75) is 51.7 Å². The van der Waals surface area contributed by atoms with Crippen LogP contribution in [0.5, 0.6) is 0 Å². The number of rotatable bonds is 3. The molecular weight excluding hydrogens is 239 g/mol. The minimum absolute atomic E-state index is 0.00217. The van der Waals surface area contributed by atoms with Gasteiger partial charge in [0, 0.05) is 18.1 Å². The number of piperidine rings is 1. The number of nitrogens with two attached hydrogens (primary N) is 1. The fourth-order valence-corrected chi connectivity index (χ4v) is 3.33. The minimum Gasteiger partial charge on any atom is -0.326 e. The van der Waals surface area contributed by atoms with E-state index in [-0.39, 0.29) is 17.9 Å². The van der Waals surface area contributed by atoms with Crippen LogP contribution in [0.25, 0.3) is 0 Å². The molecule has 1 heterocycles. The van der Waals surface area contributed by atoms with Crippen molar-refractivity contribution in [2.75, 3.05) is 6.54 Å². The summed E-state index contributed by atoms with van der Waals surface area (Å²) in [4.78, 5) is 2.44. The fraction of sp³-hybridized carbons (Fsp3) is 0.625. The molecule has 4 atom stereocenters. The van der Waals surface area contributed by atoms with Gasteiger partial charge in [0.25, 0.3) is 0 Å². The van der Waals surface area contributed by atoms with E-state index in [9.17, 15) is 4.39 Å². The lowest BCUT2D eigenvalue weighted by Gasteiger charge is -2.43. The lowest BCUT2D eigenvalue weighted by molar-refractivity contribution is 0.0707. The van der Waals surface area contributed by atoms with Crippen molar-refractivity contribution in [1.29, 1.82) is 0 Å². The third-order valence-electron chi connectivity index (χ3n) is 4.24. The Balaban J connectivity index is 2.25. The van der Waals surface area contributed by atoms with Crippen LogP contribution in [0.15, 0.2) is 24.3 Å². The molecule has 3 heteroatoms. The fourth-order valence-electron chi connectivity index (χ4n) is 3.33. The normalized spacial score (nSPS) is 28.1. The average molecular weight is 264 g/mol. The number of hydrogen-bond donors (Lipinski definition) is 1. The summed E-state index contributed by atoms with van der Waals surface area (Å²) < 4.78 is 13.5. The van der Waals surface area contributed by atoms with Gasteiger partial charge in [0.2, 0.25) is 0 Å². The molecule has 4 unspecified atom stereocenters. The second-order valence-electron chi connectivity index (χ2n) is 6.08. The number of hydrogen-bond acceptors (Lipinski definition) is 2. The molecule has 1 aliphatic heterocycles. The zero-order valence-electron chi connectivity index (χ0n) is 12.1. The maximum atomic E-state index is 13.5. The van der Waals surface area contributed by atoms with E-state index in [0.717, 1.165) is 18.0 Å². The molecule has 19 heavy (non-hydrogen) atoms. The van der Waals surface area contributed by atoms with Crippen molar-refractivity contribution in [3.63, 3.8) is 0 Å². The van der Waals surface area contributed by atoms with Gasteiger partial charge in [-0.15, -0.1) is 0 Å². The third kappa shape index (κ3) is 3.34. The summed E-state index contributed by atoms with van der Waals surface area (Å²) in [6.45, 7) is 7.62. The number of likely N-dealkylation sites (tertiary alicyclic amines) is 1. The highest BCUT2D eigenvalue weighted by Crippen LogP contribution is 2.32. The summed E-state index contributed by atoms with van der Waals surface area (Å²) in [5.74, 6) is 0.591. The number of nitrogens with zero attached hydrogens (tertiary/aromatic N) is 1. The highest BCUT2D eigenvalue weighted by atomic mass is 19.1. The Kier molecular flexibility index (Phi) is 4.58. The molecule has 0 aliphatic carbocycles. The van der Waals surface area contributed by atoms with Gasteiger partial charge in [0.05, 0.1) is 0 Å². The Morgan fingerprint density at radius 1 is 1.37 bits per heavy atom. The monoisotopic (exact) mass is 264 g/mol. The first-order valence-electron chi connectivity index (χ1n) is 7.26. The van der Waals surface area contributed by atoms with Gasteiger partial charge in [-0.25, -0.2) is 4.39 Å². The van der Waals surface area contributed by atoms with Crippen molar-refractivity contribution in [3.05, 3.63) is 35.6 Å². The Morgan fingerprint density at radius 3 is 2.68 bits per heavy atom. The lowest BCUT2D eigenvalue weighted by atomic mass is 9.89. The highest BCUT2D eigenvalue weighted by molar-refractivity contribution is 5.22. The predicted molar refractivity (Wildman–Crippen MR) is 77.4 cm³/mol. The van der Waals surface area contributed by atoms with Crippen LogP contribution in [-0.2, 0) is 0 Å². The molecule has 2 nitrogen and oxygen atoms in total. The molecule has 1 aliphatic rings. The molecule has 1 saturated heterocycles. The summed E-state index contributed by atoms with van der Waals surface area (Å²) in [6, 6.07) is 7.49. The zero-order chi connectivity index (χ0) is 14.0. The first-order valence-corrected chi connectivity index (χ1v) is 7.26. The van der Waals surface area contributed by atoms with E-state index in [2.05, 4.69) is 18.7 Å². The van der Waals surface area contributed by atoms with Gasteiger partial charge in [-0.1, -0.05) is 19.1 Å². The Hall–Kier alpha value is -0.930. The average Bonchev–Trinajstić information content (AvgIpc) is 2.32. The van der Waals surface area contributed by atoms with Crippen molar-refractivity contribution >= 4 is 0 Å². The van der Waals surface area contributed by atoms with E-state index in [1.165, 1.54) is 18.9 Å². The quantitative estimate of drug-likeness (QED) is 0.907. The van der Waals surface area contributed by atoms with E-state index in [1.807, 2.05) is 13.0 Å². The van der Waals surface area contributed by atoms with Crippen LogP contribution in [0.4, 0.5) is 4.39 Å². The van der Waals surface area contributed by atoms with Crippen LogP contribution >= 0.6 is 0 Å². The summed E-state index contributed by atoms with van der Waals surface area (Å²) in [5.41, 5.74) is 7.18. The van der Waals surface area contributed by atoms with E-state index in [1.54, 1.807) is 12.1 Å². The van der Waals surface area contributed by atoms with Crippen molar-refractivity contribution in [2.24, 2.45) is 11.7 Å². The van der Waals surface area contributed by atoms with E-state index >= 15 is 0 Å². The Bertz CT molecular complexity index is 419. The van der Waals surface area contributed by atoms with E-state index in [0.29, 0.717) is 6.04 Å². The molecular formula is C16H25FN2. The molecule has 2 rings (SSSR count). The Labute approximate surface area is 115 Å². The molecule has 1 fully saturated rings. The van der Waals surface area contributed by atoms with Crippen LogP contribution in [0.3, 0.4) is 0 Å². The minimum atomic E-state index is -0.179. The smallest absolute Gasteiger partial charge is 0.123 e. The van der Waals surface area contributed by atoms with Gasteiger partial charge in [-0.3, -0.25) is 4.90 Å². The van der Waals surface area contributed by atoms with Gasteiger partial charge in [-0.05, 0) is 56.8 Å². The van der Waals surface area contributed by atoms with Gasteiger partial charge < -0.3 is 5.73 Å². The van der Waals surface area contributed by atoms with Crippen LogP contribution in [0.1, 0.15) is 45.2 Å². The second kappa shape index (κ2) is 6.02. The van der Waals surface area contributed by atoms with Gasteiger partial charge in [-0.2, -0.15) is 0 Å². The molecule has 1 aromatic rings. The zero-order valence-corrected chi connectivity index (χ0v) is 12.1. The summed E-state index contributed by atoms with van der Waals surface area (Å²) >= 11 is 0. The molecule has 0 saturated carbocycles. The second-order valence-corrected chi connectivity index (χ2v) is 6.08. The Morgan fingerprint density at radius 2 is 2.11 bits per heavy atom. The standard InChI is InChI=1S/C16H25FN2/c1-11-7-8-19(12(2)9-11)16(13(3)18)14-5-4-6-15(17)10-14/h4-6,10-13,16H,7-9,18H2,1-3H3. The number of benzene rings is 1. The number of halogens is 1. The van der Waals surface area contributed by atoms with Crippen LogP contribution in [0, 0.1) is 11.7 Å². The maximum absolute atomic E-state index is 13.5. The largest absolute Gasteiger partial charge is 0.326 e. The van der Waals surface area contributed by atoms with Crippen LogP contribution in [-0.4, -0.2) is 23.5 Å². The first kappa shape index (κ1) is 14.5. The topological polar surface area (TPSA) is 29.3 Å². The molecule has 106 valence electrons. The van der Waals surface area contributed by atoms with E-state index in [4.69, 9.17) is 5.73 Å². The van der Waals surface area contributed by atoms with Crippen molar-refractivity contribution in [1.82, 2.24) is 4.90 Å². The van der Waals surface area contributed by atoms with Crippen molar-refractivity contribution in [3.8, 4) is 0 Å². The summed E-state index contributed by atoms with van der Waals surface area (Å²) in [5, 5.41) is 0. The highest BCUT2D eigenvalue weighted by Gasteiger charge is 2.31. The molecule has 1 aromatic carbocycles. The van der Waals surface area contributed by atoms with Crippen LogP contribution < -0.4 is 5.73 Å². The van der Waals surface area contributed by atoms with Gasteiger partial charge >= 0.3 is 0 Å². The molecule has 0 bridgehead atoms. The molecule has 0 amide bonds. The third-order valence-corrected chi connectivity index (χ3v) is 4.24. The van der Waals surface area contributed by atoms with E-state index < -0.39 is 0 Å². The van der Waals surface area contributed by atoms with Gasteiger partial charge in [0.1, 0.15) is 5.82 Å². The lowest BCUT2D eigenvalue weighted by Crippen LogP contribution is -2.47. The molecule has 0 spiro atoms. The predicted octanol–water partition coefficient (Wildman–Crippen LogP) is 3.33. The molecule has 0 aromatic heterocycles. The SMILES string of the molecule is CC1CCN(C(c2cccc(F)c2)C(C)N)C(C)C1. The molecule has 0 radical (unpaired) electrons. The summed E-state index contributed by atoms with van der Waals surface area (Å²) in [6.07, 6.45) is 2.39. The van der Waals surface area contributed by atoms with Gasteiger partial charge in [0.15, 0.2) is 0 Å². The maximum Gasteiger partial charge on any atom is 0.123 e. The van der Waals surface area contributed by atoms with Crippen LogP contribution in [0.2, 0.25) is 0 Å². The molecule has 2 N–H and O–H groups in total. The first-order chi connectivity index (χ1) is 8.99. The van der Waals surface area contributed by atoms with Crippen molar-refractivity contribution < 1.29 is 4.39 Å². The summed E-state index contributed by atoms with van der Waals surface area (Å²) in [7, 11) is 0.